The van der Waals surface area contributed by atoms with Crippen molar-refractivity contribution in [3.63, 3.8) is 0 Å². The minimum absolute atomic E-state index is 0.169. The van der Waals surface area contributed by atoms with Crippen LogP contribution in [0.3, 0.4) is 0 Å². The van der Waals surface area contributed by atoms with Crippen molar-refractivity contribution in [2.45, 2.75) is 51.1 Å². The van der Waals surface area contributed by atoms with Crippen molar-refractivity contribution in [1.29, 1.82) is 0 Å². The van der Waals surface area contributed by atoms with E-state index in [0.717, 1.165) is 43.7 Å². The van der Waals surface area contributed by atoms with Gasteiger partial charge in [-0.05, 0) is 48.8 Å². The number of rotatable bonds is 4. The Balaban J connectivity index is 2.24. The second-order valence-electron chi connectivity index (χ2n) is 6.19. The van der Waals surface area contributed by atoms with Gasteiger partial charge in [-0.15, -0.1) is 0 Å². The summed E-state index contributed by atoms with van der Waals surface area (Å²) in [7, 11) is 0. The van der Waals surface area contributed by atoms with Gasteiger partial charge in [-0.3, -0.25) is 0 Å². The first-order valence-corrected chi connectivity index (χ1v) is 7.83. The Morgan fingerprint density at radius 3 is 2.62 bits per heavy atom. The van der Waals surface area contributed by atoms with Crippen molar-refractivity contribution in [3.05, 3.63) is 35.4 Å². The molecule has 0 amide bonds. The van der Waals surface area contributed by atoms with Crippen molar-refractivity contribution in [3.8, 4) is 0 Å². The first kappa shape index (κ1) is 16.3. The Bertz CT molecular complexity index is 456. The van der Waals surface area contributed by atoms with Gasteiger partial charge < -0.3 is 5.73 Å². The van der Waals surface area contributed by atoms with Crippen LogP contribution in [-0.4, -0.2) is 6.54 Å². The Morgan fingerprint density at radius 2 is 2.00 bits per heavy atom. The highest BCUT2D eigenvalue weighted by molar-refractivity contribution is 5.29. The molecule has 0 aliphatic heterocycles. The first-order valence-electron chi connectivity index (χ1n) is 7.83. The molecule has 2 N–H and O–H groups in total. The van der Waals surface area contributed by atoms with E-state index in [-0.39, 0.29) is 5.92 Å². The molecule has 0 bridgehead atoms. The quantitative estimate of drug-likeness (QED) is 0.835. The maximum Gasteiger partial charge on any atom is 0.416 e. The third kappa shape index (κ3) is 4.00. The lowest BCUT2D eigenvalue weighted by Crippen LogP contribution is -2.29. The van der Waals surface area contributed by atoms with E-state index in [1.165, 1.54) is 12.1 Å². The highest BCUT2D eigenvalue weighted by Gasteiger charge is 2.34. The van der Waals surface area contributed by atoms with Gasteiger partial charge in [0.1, 0.15) is 0 Å². The molecule has 1 nitrogen and oxygen atoms in total. The highest BCUT2D eigenvalue weighted by Crippen LogP contribution is 2.42. The normalized spacial score (nSPS) is 26.8. The van der Waals surface area contributed by atoms with E-state index < -0.39 is 11.7 Å². The third-order valence-electron chi connectivity index (χ3n) is 4.74. The summed E-state index contributed by atoms with van der Waals surface area (Å²) in [6, 6.07) is 5.82. The van der Waals surface area contributed by atoms with Gasteiger partial charge in [0.05, 0.1) is 5.56 Å². The SMILES string of the molecule is CCCC1CCC(CN)C(c2cccc(C(F)(F)F)c2)C1. The van der Waals surface area contributed by atoms with Gasteiger partial charge in [0.15, 0.2) is 0 Å². The molecule has 4 heteroatoms. The molecule has 1 saturated carbocycles. The average Bonchev–Trinajstić information content (AvgIpc) is 2.47. The Kier molecular flexibility index (Phi) is 5.31. The summed E-state index contributed by atoms with van der Waals surface area (Å²) in [5, 5.41) is 0. The molecule has 0 heterocycles. The molecule has 0 radical (unpaired) electrons. The molecular formula is C17H24F3N. The summed E-state index contributed by atoms with van der Waals surface area (Å²) in [4.78, 5) is 0. The molecule has 1 fully saturated rings. The lowest BCUT2D eigenvalue weighted by atomic mass is 9.70. The van der Waals surface area contributed by atoms with Gasteiger partial charge in [0.2, 0.25) is 0 Å². The highest BCUT2D eigenvalue weighted by atomic mass is 19.4. The number of halogens is 3. The van der Waals surface area contributed by atoms with Crippen LogP contribution in [0.25, 0.3) is 0 Å². The molecule has 3 atom stereocenters. The molecule has 0 aromatic heterocycles. The van der Waals surface area contributed by atoms with Crippen molar-refractivity contribution in [2.24, 2.45) is 17.6 Å². The number of alkyl halides is 3. The van der Waals surface area contributed by atoms with E-state index in [9.17, 15) is 13.2 Å². The molecule has 118 valence electrons. The van der Waals surface area contributed by atoms with Gasteiger partial charge in [0.25, 0.3) is 0 Å². The second kappa shape index (κ2) is 6.82. The molecule has 3 unspecified atom stereocenters. The Hall–Kier alpha value is -1.03. The molecule has 0 spiro atoms. The molecular weight excluding hydrogens is 275 g/mol. The third-order valence-corrected chi connectivity index (χ3v) is 4.74. The largest absolute Gasteiger partial charge is 0.416 e. The summed E-state index contributed by atoms with van der Waals surface area (Å²) in [5.41, 5.74) is 6.11. The summed E-state index contributed by atoms with van der Waals surface area (Å²) in [5.74, 6) is 1.10. The topological polar surface area (TPSA) is 26.0 Å². The molecule has 1 aliphatic carbocycles. The number of hydrogen-bond donors (Lipinski definition) is 1. The minimum Gasteiger partial charge on any atom is -0.330 e. The molecule has 1 aromatic rings. The van der Waals surface area contributed by atoms with Gasteiger partial charge in [-0.25, -0.2) is 0 Å². The zero-order valence-electron chi connectivity index (χ0n) is 12.5. The zero-order valence-corrected chi connectivity index (χ0v) is 12.5. The fourth-order valence-corrected chi connectivity index (χ4v) is 3.63. The summed E-state index contributed by atoms with van der Waals surface area (Å²) in [6.45, 7) is 2.72. The first-order chi connectivity index (χ1) is 9.95. The van der Waals surface area contributed by atoms with Crippen molar-refractivity contribution in [2.75, 3.05) is 6.54 Å². The zero-order chi connectivity index (χ0) is 15.5. The molecule has 1 aliphatic rings. The second-order valence-corrected chi connectivity index (χ2v) is 6.19. The summed E-state index contributed by atoms with van der Waals surface area (Å²) >= 11 is 0. The summed E-state index contributed by atoms with van der Waals surface area (Å²) < 4.78 is 38.7. The van der Waals surface area contributed by atoms with Crippen molar-refractivity contribution < 1.29 is 13.2 Å². The van der Waals surface area contributed by atoms with E-state index in [1.54, 1.807) is 0 Å². The Morgan fingerprint density at radius 1 is 1.24 bits per heavy atom. The summed E-state index contributed by atoms with van der Waals surface area (Å²) in [6.07, 6.45) is 1.18. The maximum atomic E-state index is 12.9. The predicted octanol–water partition coefficient (Wildman–Crippen LogP) is 4.96. The van der Waals surface area contributed by atoms with Crippen LogP contribution in [0, 0.1) is 11.8 Å². The Labute approximate surface area is 124 Å². The molecule has 1 aromatic carbocycles. The monoisotopic (exact) mass is 299 g/mol. The predicted molar refractivity (Wildman–Crippen MR) is 79.0 cm³/mol. The molecule has 0 saturated heterocycles. The van der Waals surface area contributed by atoms with Gasteiger partial charge in [-0.2, -0.15) is 13.2 Å². The van der Waals surface area contributed by atoms with E-state index >= 15 is 0 Å². The minimum atomic E-state index is -4.27. The number of hydrogen-bond acceptors (Lipinski definition) is 1. The van der Waals surface area contributed by atoms with E-state index in [0.29, 0.717) is 18.4 Å². The van der Waals surface area contributed by atoms with Crippen LogP contribution in [-0.2, 0) is 6.18 Å². The lowest BCUT2D eigenvalue weighted by molar-refractivity contribution is -0.137. The fourth-order valence-electron chi connectivity index (χ4n) is 3.63. The lowest BCUT2D eigenvalue weighted by Gasteiger charge is -2.36. The van der Waals surface area contributed by atoms with Gasteiger partial charge >= 0.3 is 6.18 Å². The van der Waals surface area contributed by atoms with Crippen LogP contribution in [0.2, 0.25) is 0 Å². The van der Waals surface area contributed by atoms with Crippen molar-refractivity contribution >= 4 is 0 Å². The standard InChI is InChI=1S/C17H24F3N/c1-2-4-12-7-8-14(11-21)16(9-12)13-5-3-6-15(10-13)17(18,19)20/h3,5-6,10,12,14,16H,2,4,7-9,11,21H2,1H3. The van der Waals surface area contributed by atoms with Crippen LogP contribution in [0.15, 0.2) is 24.3 Å². The average molecular weight is 299 g/mol. The van der Waals surface area contributed by atoms with Crippen molar-refractivity contribution in [1.82, 2.24) is 0 Å². The maximum absolute atomic E-state index is 12.9. The molecule has 21 heavy (non-hydrogen) atoms. The van der Waals surface area contributed by atoms with Gasteiger partial charge in [0, 0.05) is 0 Å². The van der Waals surface area contributed by atoms with Crippen LogP contribution >= 0.6 is 0 Å². The van der Waals surface area contributed by atoms with Crippen LogP contribution in [0.1, 0.15) is 56.1 Å². The van der Waals surface area contributed by atoms with Gasteiger partial charge in [-0.1, -0.05) is 44.4 Å². The van der Waals surface area contributed by atoms with Crippen LogP contribution in [0.4, 0.5) is 13.2 Å². The van der Waals surface area contributed by atoms with Crippen LogP contribution < -0.4 is 5.73 Å². The van der Waals surface area contributed by atoms with E-state index in [2.05, 4.69) is 6.92 Å². The number of nitrogens with two attached hydrogens (primary N) is 1. The van der Waals surface area contributed by atoms with E-state index in [4.69, 9.17) is 5.73 Å². The smallest absolute Gasteiger partial charge is 0.330 e. The van der Waals surface area contributed by atoms with Crippen LogP contribution in [0.5, 0.6) is 0 Å². The van der Waals surface area contributed by atoms with E-state index in [1.807, 2.05) is 6.07 Å². The number of benzene rings is 1. The fraction of sp³-hybridized carbons (Fsp3) is 0.647. The molecule has 2 rings (SSSR count).